The van der Waals surface area contributed by atoms with Crippen LogP contribution in [0.1, 0.15) is 207 Å². The third-order valence-electron chi connectivity index (χ3n) is 9.80. The van der Waals surface area contributed by atoms with E-state index in [2.05, 4.69) is 45.1 Å². The van der Waals surface area contributed by atoms with Gasteiger partial charge in [-0.3, -0.25) is 14.4 Å². The van der Waals surface area contributed by atoms with Crippen molar-refractivity contribution in [1.29, 1.82) is 0 Å². The zero-order valence-corrected chi connectivity index (χ0v) is 37.5. The first kappa shape index (κ1) is 54.6. The molecule has 0 rings (SSSR count). The maximum atomic E-state index is 12.7. The Hall–Kier alpha value is -3.41. The molecule has 58 heavy (non-hydrogen) atoms. The fraction of sp³-hybridized carbons (Fsp3) is 0.673. The molecule has 0 aromatic heterocycles. The first-order valence-corrected chi connectivity index (χ1v) is 23.7. The summed E-state index contributed by atoms with van der Waals surface area (Å²) in [6.45, 7) is 6.40. The van der Waals surface area contributed by atoms with Gasteiger partial charge in [0.2, 0.25) is 0 Å². The van der Waals surface area contributed by atoms with Gasteiger partial charge in [-0.15, -0.1) is 0 Å². The van der Waals surface area contributed by atoms with Crippen molar-refractivity contribution in [2.24, 2.45) is 0 Å². The minimum Gasteiger partial charge on any atom is -0.462 e. The van der Waals surface area contributed by atoms with Gasteiger partial charge in [0.1, 0.15) is 13.2 Å². The molecule has 0 spiro atoms. The van der Waals surface area contributed by atoms with Crippen LogP contribution in [0.4, 0.5) is 0 Å². The van der Waals surface area contributed by atoms with Gasteiger partial charge < -0.3 is 14.2 Å². The van der Waals surface area contributed by atoms with Gasteiger partial charge in [-0.05, 0) is 64.2 Å². The Kier molecular flexibility index (Phi) is 43.6. The predicted octanol–water partition coefficient (Wildman–Crippen LogP) is 15.3. The van der Waals surface area contributed by atoms with Crippen molar-refractivity contribution in [1.82, 2.24) is 0 Å². The predicted molar refractivity (Wildman–Crippen MR) is 247 cm³/mol. The van der Waals surface area contributed by atoms with E-state index in [1.165, 1.54) is 83.5 Å². The highest BCUT2D eigenvalue weighted by Crippen LogP contribution is 2.13. The molecule has 0 radical (unpaired) electrons. The van der Waals surface area contributed by atoms with Gasteiger partial charge >= 0.3 is 17.9 Å². The monoisotopic (exact) mass is 807 g/mol. The van der Waals surface area contributed by atoms with Gasteiger partial charge in [-0.2, -0.15) is 0 Å². The zero-order chi connectivity index (χ0) is 42.3. The second kappa shape index (κ2) is 46.3. The number of unbranched alkanes of at least 4 members (excludes halogenated alkanes) is 21. The Bertz CT molecular complexity index is 1160. The molecule has 0 amide bonds. The number of ether oxygens (including phenoxy) is 3. The van der Waals surface area contributed by atoms with Crippen LogP contribution in [-0.4, -0.2) is 37.2 Å². The number of hydrogen-bond acceptors (Lipinski definition) is 6. The van der Waals surface area contributed by atoms with Crippen LogP contribution >= 0.6 is 0 Å². The van der Waals surface area contributed by atoms with Crippen molar-refractivity contribution >= 4 is 17.9 Å². The number of carbonyl (C=O) groups excluding carboxylic acids is 3. The van der Waals surface area contributed by atoms with Gasteiger partial charge in [-0.1, -0.05) is 209 Å². The average Bonchev–Trinajstić information content (AvgIpc) is 3.22. The van der Waals surface area contributed by atoms with Crippen molar-refractivity contribution in [3.63, 3.8) is 0 Å². The van der Waals surface area contributed by atoms with E-state index in [1.807, 2.05) is 60.8 Å². The van der Waals surface area contributed by atoms with E-state index in [1.54, 1.807) is 0 Å². The largest absolute Gasteiger partial charge is 0.462 e. The summed E-state index contributed by atoms with van der Waals surface area (Å²) >= 11 is 0. The zero-order valence-electron chi connectivity index (χ0n) is 37.5. The van der Waals surface area contributed by atoms with Crippen molar-refractivity contribution in [2.45, 2.75) is 213 Å². The van der Waals surface area contributed by atoms with Gasteiger partial charge in [0.25, 0.3) is 0 Å². The molecule has 0 bridgehead atoms. The summed E-state index contributed by atoms with van der Waals surface area (Å²) in [6.07, 6.45) is 58.5. The molecule has 330 valence electrons. The van der Waals surface area contributed by atoms with Crippen molar-refractivity contribution in [3.8, 4) is 0 Å². The highest BCUT2D eigenvalue weighted by Gasteiger charge is 2.19. The number of allylic oxidation sites excluding steroid dienone is 14. The molecule has 6 nitrogen and oxygen atoms in total. The number of hydrogen-bond donors (Lipinski definition) is 0. The number of esters is 3. The smallest absolute Gasteiger partial charge is 0.306 e. The fourth-order valence-corrected chi connectivity index (χ4v) is 6.23. The maximum Gasteiger partial charge on any atom is 0.306 e. The second-order valence-corrected chi connectivity index (χ2v) is 15.4. The lowest BCUT2D eigenvalue weighted by molar-refractivity contribution is -0.167. The molecule has 0 fully saturated rings. The molecule has 0 saturated carbocycles. The van der Waals surface area contributed by atoms with Crippen LogP contribution in [0.2, 0.25) is 0 Å². The molecule has 0 aromatic carbocycles. The lowest BCUT2D eigenvalue weighted by Crippen LogP contribution is -2.30. The molecule has 1 atom stereocenters. The van der Waals surface area contributed by atoms with Crippen LogP contribution in [-0.2, 0) is 28.6 Å². The van der Waals surface area contributed by atoms with Crippen LogP contribution in [0.15, 0.2) is 85.1 Å². The molecular weight excluding hydrogens is 721 g/mol. The fourth-order valence-electron chi connectivity index (χ4n) is 6.23. The maximum absolute atomic E-state index is 12.7. The summed E-state index contributed by atoms with van der Waals surface area (Å²) in [4.78, 5) is 37.8. The summed E-state index contributed by atoms with van der Waals surface area (Å²) in [5, 5.41) is 0. The lowest BCUT2D eigenvalue weighted by atomic mass is 10.1. The molecule has 0 N–H and O–H groups in total. The van der Waals surface area contributed by atoms with Crippen LogP contribution in [0, 0.1) is 0 Å². The normalized spacial score (nSPS) is 12.8. The van der Waals surface area contributed by atoms with Crippen molar-refractivity contribution < 1.29 is 28.6 Å². The Morgan fingerprint density at radius 2 is 0.690 bits per heavy atom. The van der Waals surface area contributed by atoms with E-state index in [0.717, 1.165) is 83.5 Å². The first-order valence-electron chi connectivity index (χ1n) is 23.7. The minimum absolute atomic E-state index is 0.0967. The summed E-state index contributed by atoms with van der Waals surface area (Å²) in [5.74, 6) is -0.965. The molecule has 0 aliphatic rings. The summed E-state index contributed by atoms with van der Waals surface area (Å²) in [7, 11) is 0. The van der Waals surface area contributed by atoms with Crippen LogP contribution in [0.5, 0.6) is 0 Å². The third-order valence-corrected chi connectivity index (χ3v) is 9.80. The lowest BCUT2D eigenvalue weighted by Gasteiger charge is -2.18. The number of rotatable bonds is 41. The molecule has 0 saturated heterocycles. The Labute approximate surface area is 356 Å². The standard InChI is InChI=1S/C52H86O6/c1-4-7-10-13-16-19-22-24-25-26-27-29-30-33-36-39-42-45-51(54)57-48-49(47-56-50(53)44-41-38-35-32-21-18-15-12-9-6-3)58-52(55)46-43-40-37-34-31-28-23-20-17-14-11-8-5-2/h7,10,13,16,19,22,24-31,49H,4-6,8-9,11-12,14-15,17-18,20-21,23,32-48H2,1-3H3/b10-7-,16-13-,22-19-,25-24-,27-26+,30-29-,31-28-. The van der Waals surface area contributed by atoms with Crippen LogP contribution in [0.3, 0.4) is 0 Å². The van der Waals surface area contributed by atoms with E-state index in [0.29, 0.717) is 19.3 Å². The highest BCUT2D eigenvalue weighted by molar-refractivity contribution is 5.71. The highest BCUT2D eigenvalue weighted by atomic mass is 16.6. The number of carbonyl (C=O) groups is 3. The van der Waals surface area contributed by atoms with E-state index < -0.39 is 6.10 Å². The van der Waals surface area contributed by atoms with Crippen molar-refractivity contribution in [2.75, 3.05) is 13.2 Å². The molecule has 1 unspecified atom stereocenters. The van der Waals surface area contributed by atoms with Crippen LogP contribution < -0.4 is 0 Å². The van der Waals surface area contributed by atoms with Gasteiger partial charge in [0.05, 0.1) is 0 Å². The summed E-state index contributed by atoms with van der Waals surface area (Å²) < 4.78 is 16.7. The Morgan fingerprint density at radius 3 is 1.12 bits per heavy atom. The van der Waals surface area contributed by atoms with Gasteiger partial charge in [-0.25, -0.2) is 0 Å². The van der Waals surface area contributed by atoms with E-state index in [9.17, 15) is 14.4 Å². The second-order valence-electron chi connectivity index (χ2n) is 15.4. The van der Waals surface area contributed by atoms with Gasteiger partial charge in [0, 0.05) is 19.3 Å². The first-order chi connectivity index (χ1) is 28.5. The summed E-state index contributed by atoms with van der Waals surface area (Å²) in [5.41, 5.74) is 0. The van der Waals surface area contributed by atoms with E-state index in [4.69, 9.17) is 14.2 Å². The Morgan fingerprint density at radius 1 is 0.362 bits per heavy atom. The molecule has 0 aliphatic carbocycles. The SMILES string of the molecule is CC\C=C/C=C\C=C/C=C\C=C\C=C/CCCCCC(=O)OCC(COC(=O)CCCCCCCCCCCC)OC(=O)CCCCC/C=C\CCCCCCCC. The molecule has 0 aromatic rings. The summed E-state index contributed by atoms with van der Waals surface area (Å²) in [6, 6.07) is 0. The van der Waals surface area contributed by atoms with Crippen LogP contribution in [0.25, 0.3) is 0 Å². The molecular formula is C52H86O6. The van der Waals surface area contributed by atoms with E-state index in [-0.39, 0.29) is 31.1 Å². The Balaban J connectivity index is 4.49. The van der Waals surface area contributed by atoms with E-state index >= 15 is 0 Å². The topological polar surface area (TPSA) is 78.9 Å². The van der Waals surface area contributed by atoms with Crippen molar-refractivity contribution in [3.05, 3.63) is 85.1 Å². The molecule has 6 heteroatoms. The average molecular weight is 807 g/mol. The molecule has 0 heterocycles. The van der Waals surface area contributed by atoms with Gasteiger partial charge in [0.15, 0.2) is 6.10 Å². The molecule has 0 aliphatic heterocycles. The minimum atomic E-state index is -0.799. The quantitative estimate of drug-likeness (QED) is 0.0201. The third kappa shape index (κ3) is 43.7.